The molecule has 0 radical (unpaired) electrons. The number of hydrogen-bond acceptors (Lipinski definition) is 2. The third-order valence-corrected chi connectivity index (χ3v) is 3.09. The van der Waals surface area contributed by atoms with E-state index in [0.29, 0.717) is 10.9 Å². The molecule has 2 N–H and O–H groups in total. The molecule has 2 rings (SSSR count). The Morgan fingerprint density at radius 2 is 2.18 bits per heavy atom. The van der Waals surface area contributed by atoms with E-state index in [4.69, 9.17) is 5.11 Å². The van der Waals surface area contributed by atoms with E-state index in [9.17, 15) is 9.90 Å². The number of aromatic hydroxyl groups is 1. The van der Waals surface area contributed by atoms with Gasteiger partial charge in [-0.3, -0.25) is 4.79 Å². The van der Waals surface area contributed by atoms with Crippen molar-refractivity contribution >= 4 is 16.9 Å². The highest BCUT2D eigenvalue weighted by Gasteiger charge is 2.21. The largest absolute Gasteiger partial charge is 0.507 e. The van der Waals surface area contributed by atoms with Crippen LogP contribution in [0.3, 0.4) is 0 Å². The third kappa shape index (κ3) is 1.75. The number of phenolic OH excluding ortho intramolecular Hbond substituents is 1. The highest BCUT2D eigenvalue weighted by Crippen LogP contribution is 2.34. The highest BCUT2D eigenvalue weighted by atomic mass is 16.4. The fourth-order valence-electron chi connectivity index (χ4n) is 2.09. The van der Waals surface area contributed by atoms with Crippen LogP contribution in [0.15, 0.2) is 24.4 Å². The molecular weight excluding hydrogens is 218 g/mol. The summed E-state index contributed by atoms with van der Waals surface area (Å²) in [6.07, 6.45) is 1.81. The molecule has 0 aliphatic rings. The number of benzene rings is 1. The molecular formula is C13H15NO3. The lowest BCUT2D eigenvalue weighted by atomic mass is 10.0. The maximum Gasteiger partial charge on any atom is 0.310 e. The molecule has 1 aromatic carbocycles. The number of hydrogen-bond donors (Lipinski definition) is 2. The number of carboxylic acids is 1. The number of aromatic nitrogens is 1. The lowest BCUT2D eigenvalue weighted by Crippen LogP contribution is -2.06. The first-order valence-electron chi connectivity index (χ1n) is 5.59. The zero-order chi connectivity index (χ0) is 12.6. The quantitative estimate of drug-likeness (QED) is 0.856. The summed E-state index contributed by atoms with van der Waals surface area (Å²) in [6, 6.07) is 5.23. The van der Waals surface area contributed by atoms with Crippen LogP contribution >= 0.6 is 0 Å². The average molecular weight is 233 g/mol. The van der Waals surface area contributed by atoms with Crippen LogP contribution in [-0.4, -0.2) is 20.7 Å². The van der Waals surface area contributed by atoms with Gasteiger partial charge in [0.1, 0.15) is 5.75 Å². The molecule has 0 spiro atoms. The van der Waals surface area contributed by atoms with E-state index < -0.39 is 11.9 Å². The monoisotopic (exact) mass is 233 g/mol. The summed E-state index contributed by atoms with van der Waals surface area (Å²) in [4.78, 5) is 11.1. The number of aliphatic carboxylic acids is 1. The van der Waals surface area contributed by atoms with Crippen molar-refractivity contribution in [3.8, 4) is 5.75 Å². The summed E-state index contributed by atoms with van der Waals surface area (Å²) < 4.78 is 1.95. The summed E-state index contributed by atoms with van der Waals surface area (Å²) in [5.41, 5.74) is 1.53. The van der Waals surface area contributed by atoms with Crippen molar-refractivity contribution in [2.24, 2.45) is 0 Å². The van der Waals surface area contributed by atoms with Crippen molar-refractivity contribution in [2.45, 2.75) is 26.3 Å². The SMILES string of the molecule is CCn1cc(C(C)C(=O)O)c2c(O)cccc21. The van der Waals surface area contributed by atoms with Gasteiger partial charge in [0.05, 0.1) is 11.4 Å². The maximum atomic E-state index is 11.1. The van der Waals surface area contributed by atoms with Crippen LogP contribution in [0.4, 0.5) is 0 Å². The summed E-state index contributed by atoms with van der Waals surface area (Å²) in [7, 11) is 0. The zero-order valence-electron chi connectivity index (χ0n) is 9.84. The topological polar surface area (TPSA) is 62.5 Å². The van der Waals surface area contributed by atoms with Gasteiger partial charge in [-0.1, -0.05) is 6.07 Å². The van der Waals surface area contributed by atoms with Gasteiger partial charge in [-0.05, 0) is 31.5 Å². The number of rotatable bonds is 3. The highest BCUT2D eigenvalue weighted by molar-refractivity contribution is 5.93. The molecule has 1 heterocycles. The molecule has 1 aromatic heterocycles. The fourth-order valence-corrected chi connectivity index (χ4v) is 2.09. The van der Waals surface area contributed by atoms with E-state index >= 15 is 0 Å². The molecule has 0 aliphatic heterocycles. The Balaban J connectivity index is 2.75. The minimum atomic E-state index is -0.886. The second-order valence-corrected chi connectivity index (χ2v) is 4.10. The fraction of sp³-hybridized carbons (Fsp3) is 0.308. The van der Waals surface area contributed by atoms with Crippen molar-refractivity contribution in [3.05, 3.63) is 30.0 Å². The molecule has 0 fully saturated rings. The first kappa shape index (κ1) is 11.5. The van der Waals surface area contributed by atoms with Gasteiger partial charge in [0, 0.05) is 18.1 Å². The summed E-state index contributed by atoms with van der Waals surface area (Å²) in [6.45, 7) is 4.36. The normalized spacial score (nSPS) is 12.8. The maximum absolute atomic E-state index is 11.1. The lowest BCUT2D eigenvalue weighted by molar-refractivity contribution is -0.138. The van der Waals surface area contributed by atoms with E-state index in [0.717, 1.165) is 12.1 Å². The molecule has 4 nitrogen and oxygen atoms in total. The summed E-state index contributed by atoms with van der Waals surface area (Å²) in [5, 5.41) is 19.6. The zero-order valence-corrected chi connectivity index (χ0v) is 9.84. The van der Waals surface area contributed by atoms with Gasteiger partial charge in [-0.2, -0.15) is 0 Å². The predicted octanol–water partition coefficient (Wildman–Crippen LogP) is 2.55. The number of fused-ring (bicyclic) bond motifs is 1. The van der Waals surface area contributed by atoms with Crippen molar-refractivity contribution in [2.75, 3.05) is 0 Å². The van der Waals surface area contributed by atoms with E-state index in [-0.39, 0.29) is 5.75 Å². The van der Waals surface area contributed by atoms with E-state index in [1.807, 2.05) is 23.8 Å². The van der Waals surface area contributed by atoms with Gasteiger partial charge in [0.2, 0.25) is 0 Å². The molecule has 4 heteroatoms. The van der Waals surface area contributed by atoms with Crippen LogP contribution < -0.4 is 0 Å². The van der Waals surface area contributed by atoms with Crippen LogP contribution in [0.2, 0.25) is 0 Å². The molecule has 2 aromatic rings. The minimum absolute atomic E-state index is 0.137. The Labute approximate surface area is 99.1 Å². The predicted molar refractivity (Wildman–Crippen MR) is 65.3 cm³/mol. The van der Waals surface area contributed by atoms with E-state index in [1.54, 1.807) is 19.1 Å². The smallest absolute Gasteiger partial charge is 0.310 e. The van der Waals surface area contributed by atoms with Gasteiger partial charge in [0.15, 0.2) is 0 Å². The molecule has 0 aliphatic carbocycles. The van der Waals surface area contributed by atoms with Crippen LogP contribution in [0.5, 0.6) is 5.75 Å². The molecule has 1 unspecified atom stereocenters. The van der Waals surface area contributed by atoms with Crippen molar-refractivity contribution in [1.82, 2.24) is 4.57 Å². The molecule has 0 bridgehead atoms. The number of carboxylic acid groups (broad SMARTS) is 1. The summed E-state index contributed by atoms with van der Waals surface area (Å²) >= 11 is 0. The third-order valence-electron chi connectivity index (χ3n) is 3.09. The number of carbonyl (C=O) groups is 1. The molecule has 90 valence electrons. The van der Waals surface area contributed by atoms with Crippen LogP contribution in [0.25, 0.3) is 10.9 Å². The number of nitrogens with zero attached hydrogens (tertiary/aromatic N) is 1. The van der Waals surface area contributed by atoms with Crippen molar-refractivity contribution < 1.29 is 15.0 Å². The van der Waals surface area contributed by atoms with Crippen molar-refractivity contribution in [1.29, 1.82) is 0 Å². The Morgan fingerprint density at radius 1 is 1.47 bits per heavy atom. The van der Waals surface area contributed by atoms with E-state index in [2.05, 4.69) is 0 Å². The Hall–Kier alpha value is -1.97. The van der Waals surface area contributed by atoms with Gasteiger partial charge in [0.25, 0.3) is 0 Å². The molecule has 0 amide bonds. The van der Waals surface area contributed by atoms with Gasteiger partial charge >= 0.3 is 5.97 Å². The standard InChI is InChI=1S/C13H15NO3/c1-3-14-7-9(8(2)13(16)17)12-10(14)5-4-6-11(12)15/h4-8,15H,3H2,1-2H3,(H,16,17). The Kier molecular flexibility index (Phi) is 2.79. The van der Waals surface area contributed by atoms with Gasteiger partial charge in [-0.25, -0.2) is 0 Å². The minimum Gasteiger partial charge on any atom is -0.507 e. The molecule has 0 saturated heterocycles. The number of phenols is 1. The lowest BCUT2D eigenvalue weighted by Gasteiger charge is -2.05. The van der Waals surface area contributed by atoms with E-state index in [1.165, 1.54) is 0 Å². The Bertz CT molecular complexity index is 571. The van der Waals surface area contributed by atoms with Crippen molar-refractivity contribution in [3.63, 3.8) is 0 Å². The Morgan fingerprint density at radius 3 is 2.76 bits per heavy atom. The first-order chi connectivity index (χ1) is 8.06. The average Bonchev–Trinajstić information content (AvgIpc) is 2.68. The first-order valence-corrected chi connectivity index (χ1v) is 5.59. The number of aryl methyl sites for hydroxylation is 1. The molecule has 1 atom stereocenters. The van der Waals surface area contributed by atoms with Gasteiger partial charge < -0.3 is 14.8 Å². The molecule has 17 heavy (non-hydrogen) atoms. The van der Waals surface area contributed by atoms with Gasteiger partial charge in [-0.15, -0.1) is 0 Å². The van der Waals surface area contributed by atoms with Crippen LogP contribution in [0, 0.1) is 0 Å². The summed E-state index contributed by atoms with van der Waals surface area (Å²) in [5.74, 6) is -1.38. The second-order valence-electron chi connectivity index (χ2n) is 4.10. The second kappa shape index (κ2) is 4.13. The van der Waals surface area contributed by atoms with Crippen LogP contribution in [0.1, 0.15) is 25.3 Å². The van der Waals surface area contributed by atoms with Crippen LogP contribution in [-0.2, 0) is 11.3 Å². The molecule has 0 saturated carbocycles.